The molecule has 2 aromatic carbocycles. The van der Waals surface area contributed by atoms with Crippen LogP contribution < -0.4 is 4.72 Å². The minimum atomic E-state index is -3.72. The van der Waals surface area contributed by atoms with Crippen molar-refractivity contribution in [2.45, 2.75) is 11.1 Å². The number of benzene rings is 2. The largest absolute Gasteiger partial charge is 0.358 e. The average molecular weight is 411 g/mol. The summed E-state index contributed by atoms with van der Waals surface area (Å²) < 4.78 is 29.5. The first-order valence-corrected chi connectivity index (χ1v) is 10.4. The number of aromatic amines is 1. The van der Waals surface area contributed by atoms with E-state index in [0.29, 0.717) is 26.6 Å². The fourth-order valence-corrected chi connectivity index (χ4v) is 5.84. The molecule has 4 nitrogen and oxygen atoms in total. The molecule has 128 valence electrons. The first-order chi connectivity index (χ1) is 11.9. The van der Waals surface area contributed by atoms with E-state index in [1.165, 1.54) is 11.3 Å². The molecule has 2 heterocycles. The lowest BCUT2D eigenvalue weighted by molar-refractivity contribution is 0.603. The lowest BCUT2D eigenvalue weighted by Gasteiger charge is -2.08. The van der Waals surface area contributed by atoms with Gasteiger partial charge in [-0.2, -0.15) is 0 Å². The van der Waals surface area contributed by atoms with Crippen LogP contribution in [0.3, 0.4) is 0 Å². The third-order valence-electron chi connectivity index (χ3n) is 3.96. The number of hydrogen-bond acceptors (Lipinski definition) is 3. The second-order valence-electron chi connectivity index (χ2n) is 5.65. The Labute approximate surface area is 158 Å². The molecule has 0 amide bonds. The van der Waals surface area contributed by atoms with E-state index in [0.717, 1.165) is 15.6 Å². The zero-order valence-electron chi connectivity index (χ0n) is 12.9. The van der Waals surface area contributed by atoms with Gasteiger partial charge in [0.15, 0.2) is 0 Å². The summed E-state index contributed by atoms with van der Waals surface area (Å²) in [6.45, 7) is 1.96. The van der Waals surface area contributed by atoms with E-state index in [-0.39, 0.29) is 4.21 Å². The van der Waals surface area contributed by atoms with Gasteiger partial charge in [-0.25, -0.2) is 8.42 Å². The van der Waals surface area contributed by atoms with Crippen LogP contribution in [0.2, 0.25) is 10.0 Å². The molecule has 0 unspecified atom stereocenters. The Balaban J connectivity index is 1.81. The molecule has 0 aliphatic rings. The summed E-state index contributed by atoms with van der Waals surface area (Å²) in [5.41, 5.74) is 2.01. The fraction of sp³-hybridized carbons (Fsp3) is 0.0588. The zero-order chi connectivity index (χ0) is 17.8. The van der Waals surface area contributed by atoms with E-state index in [2.05, 4.69) is 9.71 Å². The molecule has 2 aromatic heterocycles. The third kappa shape index (κ3) is 2.79. The van der Waals surface area contributed by atoms with Crippen LogP contribution in [0.1, 0.15) is 5.56 Å². The van der Waals surface area contributed by atoms with Crippen LogP contribution in [0.4, 0.5) is 5.69 Å². The van der Waals surface area contributed by atoms with Gasteiger partial charge >= 0.3 is 0 Å². The van der Waals surface area contributed by atoms with Crippen molar-refractivity contribution in [3.05, 3.63) is 58.2 Å². The molecule has 0 saturated carbocycles. The summed E-state index contributed by atoms with van der Waals surface area (Å²) in [4.78, 5) is 2.97. The topological polar surface area (TPSA) is 62.0 Å². The maximum absolute atomic E-state index is 12.8. The number of aromatic nitrogens is 1. The Kier molecular flexibility index (Phi) is 3.96. The van der Waals surface area contributed by atoms with Gasteiger partial charge in [-0.3, -0.25) is 4.72 Å². The van der Waals surface area contributed by atoms with Crippen LogP contribution >= 0.6 is 34.5 Å². The molecule has 0 fully saturated rings. The fourth-order valence-electron chi connectivity index (χ4n) is 2.77. The zero-order valence-corrected chi connectivity index (χ0v) is 16.1. The van der Waals surface area contributed by atoms with Gasteiger partial charge in [-0.15, -0.1) is 11.3 Å². The standard InChI is InChI=1S/C17H12Cl2N2O2S2/c1-9-3-2-4-10-7-14(24-17(9)10)25(22,23)21-13-6-5-11(18)15-12(19)8-20-16(13)15/h2-8,20-21H,1H3. The number of fused-ring (bicyclic) bond motifs is 2. The molecule has 4 rings (SSSR count). The van der Waals surface area contributed by atoms with Crippen molar-refractivity contribution >= 4 is 71.2 Å². The molecule has 0 aliphatic heterocycles. The van der Waals surface area contributed by atoms with E-state index < -0.39 is 10.0 Å². The first kappa shape index (κ1) is 16.7. The molecule has 0 saturated heterocycles. The number of anilines is 1. The highest BCUT2D eigenvalue weighted by atomic mass is 35.5. The van der Waals surface area contributed by atoms with Gasteiger partial charge in [0.1, 0.15) is 4.21 Å². The van der Waals surface area contributed by atoms with E-state index >= 15 is 0 Å². The molecular formula is C17H12Cl2N2O2S2. The van der Waals surface area contributed by atoms with Crippen molar-refractivity contribution in [3.63, 3.8) is 0 Å². The molecular weight excluding hydrogens is 399 g/mol. The van der Waals surface area contributed by atoms with Gasteiger partial charge < -0.3 is 4.98 Å². The predicted octanol–water partition coefficient (Wildman–Crippen LogP) is 5.80. The Hall–Kier alpha value is -1.73. The van der Waals surface area contributed by atoms with Crippen molar-refractivity contribution < 1.29 is 8.42 Å². The number of thiophene rings is 1. The van der Waals surface area contributed by atoms with E-state index in [4.69, 9.17) is 23.2 Å². The summed E-state index contributed by atoms with van der Waals surface area (Å²) in [6.07, 6.45) is 1.58. The molecule has 0 atom stereocenters. The number of nitrogens with one attached hydrogen (secondary N) is 2. The summed E-state index contributed by atoms with van der Waals surface area (Å²) in [6, 6.07) is 10.7. The summed E-state index contributed by atoms with van der Waals surface area (Å²) in [7, 11) is -3.72. The second-order valence-corrected chi connectivity index (χ2v) is 9.42. The number of halogens is 2. The normalized spacial score (nSPS) is 12.1. The molecule has 0 bridgehead atoms. The van der Waals surface area contributed by atoms with Gasteiger partial charge in [0.25, 0.3) is 10.0 Å². The Morgan fingerprint density at radius 1 is 1.12 bits per heavy atom. The van der Waals surface area contributed by atoms with Gasteiger partial charge in [0.2, 0.25) is 0 Å². The van der Waals surface area contributed by atoms with Crippen molar-refractivity contribution in [2.75, 3.05) is 4.72 Å². The maximum atomic E-state index is 12.8. The SMILES string of the molecule is Cc1cccc2cc(S(=O)(=O)Nc3ccc(Cl)c4c(Cl)c[nH]c34)sc12. The first-order valence-electron chi connectivity index (χ1n) is 7.34. The summed E-state index contributed by atoms with van der Waals surface area (Å²) >= 11 is 13.5. The van der Waals surface area contributed by atoms with Crippen molar-refractivity contribution in [2.24, 2.45) is 0 Å². The van der Waals surface area contributed by atoms with E-state index in [9.17, 15) is 8.42 Å². The molecule has 25 heavy (non-hydrogen) atoms. The van der Waals surface area contributed by atoms with Crippen LogP contribution in [-0.2, 0) is 10.0 Å². The molecule has 2 N–H and O–H groups in total. The lowest BCUT2D eigenvalue weighted by Crippen LogP contribution is -2.11. The van der Waals surface area contributed by atoms with Crippen LogP contribution in [0.5, 0.6) is 0 Å². The van der Waals surface area contributed by atoms with Crippen molar-refractivity contribution in [3.8, 4) is 0 Å². The number of H-pyrrole nitrogens is 1. The van der Waals surface area contributed by atoms with Gasteiger partial charge in [-0.1, -0.05) is 41.4 Å². The average Bonchev–Trinajstić information content (AvgIpc) is 3.16. The van der Waals surface area contributed by atoms with E-state index in [1.54, 1.807) is 24.4 Å². The number of aryl methyl sites for hydroxylation is 1. The highest BCUT2D eigenvalue weighted by Crippen LogP contribution is 2.37. The maximum Gasteiger partial charge on any atom is 0.271 e. The predicted molar refractivity (Wildman–Crippen MR) is 106 cm³/mol. The highest BCUT2D eigenvalue weighted by Gasteiger charge is 2.20. The Morgan fingerprint density at radius 3 is 2.68 bits per heavy atom. The monoisotopic (exact) mass is 410 g/mol. The van der Waals surface area contributed by atoms with Crippen molar-refractivity contribution in [1.82, 2.24) is 4.98 Å². The van der Waals surface area contributed by atoms with Gasteiger partial charge in [0, 0.05) is 16.3 Å². The molecule has 8 heteroatoms. The van der Waals surface area contributed by atoms with E-state index in [1.807, 2.05) is 25.1 Å². The minimum Gasteiger partial charge on any atom is -0.358 e. The molecule has 0 spiro atoms. The lowest BCUT2D eigenvalue weighted by atomic mass is 10.2. The quantitative estimate of drug-likeness (QED) is 0.448. The number of sulfonamides is 1. The molecule has 4 aromatic rings. The number of hydrogen-bond donors (Lipinski definition) is 2. The molecule has 0 radical (unpaired) electrons. The van der Waals surface area contributed by atoms with Crippen LogP contribution in [0.15, 0.2) is 46.8 Å². The van der Waals surface area contributed by atoms with Gasteiger partial charge in [-0.05, 0) is 36.1 Å². The number of rotatable bonds is 3. The van der Waals surface area contributed by atoms with Crippen LogP contribution in [0.25, 0.3) is 21.0 Å². The van der Waals surface area contributed by atoms with Crippen LogP contribution in [0, 0.1) is 6.92 Å². The van der Waals surface area contributed by atoms with Crippen molar-refractivity contribution in [1.29, 1.82) is 0 Å². The summed E-state index contributed by atoms with van der Waals surface area (Å²) in [5, 5.41) is 2.41. The third-order valence-corrected chi connectivity index (χ3v) is 7.70. The molecule has 0 aliphatic carbocycles. The highest BCUT2D eigenvalue weighted by molar-refractivity contribution is 7.94. The Bertz CT molecular complexity index is 1230. The Morgan fingerprint density at radius 2 is 1.92 bits per heavy atom. The minimum absolute atomic E-state index is 0.262. The van der Waals surface area contributed by atoms with Crippen LogP contribution in [-0.4, -0.2) is 13.4 Å². The van der Waals surface area contributed by atoms with Gasteiger partial charge in [0.05, 0.1) is 21.2 Å². The second kappa shape index (κ2) is 5.92. The smallest absolute Gasteiger partial charge is 0.271 e. The summed E-state index contributed by atoms with van der Waals surface area (Å²) in [5.74, 6) is 0.